The van der Waals surface area contributed by atoms with E-state index < -0.39 is 28.4 Å². The number of anilines is 1. The van der Waals surface area contributed by atoms with Crippen LogP contribution in [0.4, 0.5) is 11.4 Å². The molecule has 0 aromatic heterocycles. The molecule has 13 heteroatoms. The summed E-state index contributed by atoms with van der Waals surface area (Å²) in [6.07, 6.45) is -0.734. The molecule has 0 fully saturated rings. The largest absolute Gasteiger partial charge is 0.504 e. The number of hydrogen-bond donors (Lipinski definition) is 4. The molecule has 2 aromatic carbocycles. The lowest BCUT2D eigenvalue weighted by molar-refractivity contribution is -0.383. The number of primary amides is 1. The van der Waals surface area contributed by atoms with Crippen LogP contribution in [0.15, 0.2) is 47.6 Å². The first-order valence-corrected chi connectivity index (χ1v) is 9.71. The summed E-state index contributed by atoms with van der Waals surface area (Å²) in [5, 5.41) is 26.9. The fraction of sp³-hybridized carbons (Fsp3) is 0.190. The summed E-state index contributed by atoms with van der Waals surface area (Å²) in [7, 11) is 1.31. The summed E-state index contributed by atoms with van der Waals surface area (Å²) in [6, 6.07) is 9.47. The number of hydrazone groups is 1. The van der Waals surface area contributed by atoms with Crippen molar-refractivity contribution in [3.05, 3.63) is 58.1 Å². The average Bonchev–Trinajstić information content (AvgIpc) is 2.80. The van der Waals surface area contributed by atoms with E-state index in [1.54, 1.807) is 0 Å². The van der Waals surface area contributed by atoms with E-state index in [2.05, 4.69) is 10.4 Å². The number of carbonyl (C=O) groups excluding carboxylic acids is 4. The number of methoxy groups -OCH3 is 1. The number of ketones is 1. The van der Waals surface area contributed by atoms with Crippen molar-refractivity contribution >= 4 is 40.6 Å². The van der Waals surface area contributed by atoms with Crippen LogP contribution in [0.1, 0.15) is 29.6 Å². The van der Waals surface area contributed by atoms with Crippen LogP contribution in [-0.4, -0.2) is 46.4 Å². The number of nitro groups is 1. The Labute approximate surface area is 192 Å². The summed E-state index contributed by atoms with van der Waals surface area (Å²) in [5.74, 6) is -3.72. The number of nitrogens with two attached hydrogens (primary N) is 1. The molecule has 34 heavy (non-hydrogen) atoms. The number of nitrogens with zero attached hydrogens (tertiary/aromatic N) is 2. The molecule has 0 spiro atoms. The number of benzene rings is 2. The maximum absolute atomic E-state index is 12.7. The van der Waals surface area contributed by atoms with Gasteiger partial charge in [0.05, 0.1) is 18.5 Å². The van der Waals surface area contributed by atoms with Crippen molar-refractivity contribution in [1.82, 2.24) is 5.43 Å². The normalized spacial score (nSPS) is 10.8. The number of hydrogen-bond acceptors (Lipinski definition) is 9. The molecule has 0 bridgehead atoms. The minimum absolute atomic E-state index is 0.00900. The van der Waals surface area contributed by atoms with Crippen LogP contribution in [0.2, 0.25) is 0 Å². The molecule has 0 heterocycles. The Morgan fingerprint density at radius 2 is 1.85 bits per heavy atom. The van der Waals surface area contributed by atoms with Crippen LogP contribution in [0.3, 0.4) is 0 Å². The number of ether oxygens (including phenoxy) is 1. The Bertz CT molecular complexity index is 1160. The van der Waals surface area contributed by atoms with Crippen LogP contribution in [-0.2, 0) is 14.4 Å². The number of para-hydroxylation sites is 2. The van der Waals surface area contributed by atoms with Gasteiger partial charge in [-0.2, -0.15) is 5.10 Å². The number of amides is 3. The first-order valence-electron chi connectivity index (χ1n) is 9.71. The second-order valence-electron chi connectivity index (χ2n) is 6.79. The predicted molar refractivity (Wildman–Crippen MR) is 119 cm³/mol. The lowest BCUT2D eigenvalue weighted by atomic mass is 10.0. The van der Waals surface area contributed by atoms with Crippen molar-refractivity contribution in [2.45, 2.75) is 19.3 Å². The lowest BCUT2D eigenvalue weighted by Gasteiger charge is -2.09. The van der Waals surface area contributed by atoms with Crippen LogP contribution in [0.5, 0.6) is 11.5 Å². The predicted octanol–water partition coefficient (Wildman–Crippen LogP) is 1.26. The number of phenolic OH excluding ortho intramolecular Hbond substituents is 1. The van der Waals surface area contributed by atoms with E-state index in [0.717, 1.165) is 0 Å². The zero-order valence-corrected chi connectivity index (χ0v) is 17.9. The summed E-state index contributed by atoms with van der Waals surface area (Å²) >= 11 is 0. The Hall–Kier alpha value is -4.81. The fourth-order valence-electron chi connectivity index (χ4n) is 2.72. The molecule has 0 aliphatic rings. The number of nitrogens with one attached hydrogen (secondary N) is 2. The molecule has 178 valence electrons. The third-order valence-corrected chi connectivity index (χ3v) is 4.42. The van der Waals surface area contributed by atoms with E-state index in [-0.39, 0.29) is 53.4 Å². The van der Waals surface area contributed by atoms with Crippen molar-refractivity contribution in [3.8, 4) is 11.5 Å². The molecule has 3 amide bonds. The van der Waals surface area contributed by atoms with Crippen molar-refractivity contribution in [2.75, 3.05) is 12.4 Å². The van der Waals surface area contributed by atoms with Gasteiger partial charge in [0, 0.05) is 23.8 Å². The standard InChI is InChI=1S/C21H21N5O8/c1-34-18-10-12(6-8-16(18)27)17(28)11-13(24-25-21(31)20(22)30)7-9-19(29)23-14-4-2-3-5-15(14)26(32)33/h2-6,8,10,27H,7,9,11H2,1H3,(H2,22,30)(H,23,29)(H,25,31)/b24-13-. The van der Waals surface area contributed by atoms with E-state index in [9.17, 15) is 34.4 Å². The van der Waals surface area contributed by atoms with Gasteiger partial charge in [-0.3, -0.25) is 29.3 Å². The zero-order valence-electron chi connectivity index (χ0n) is 17.9. The van der Waals surface area contributed by atoms with Crippen molar-refractivity contribution in [3.63, 3.8) is 0 Å². The Morgan fingerprint density at radius 3 is 2.50 bits per heavy atom. The highest BCUT2D eigenvalue weighted by Crippen LogP contribution is 2.27. The maximum Gasteiger partial charge on any atom is 0.329 e. The molecule has 0 unspecified atom stereocenters. The number of nitro benzene ring substituents is 1. The second-order valence-corrected chi connectivity index (χ2v) is 6.79. The number of phenols is 1. The van der Waals surface area contributed by atoms with Gasteiger partial charge in [-0.15, -0.1) is 0 Å². The molecular weight excluding hydrogens is 450 g/mol. The van der Waals surface area contributed by atoms with Gasteiger partial charge in [-0.05, 0) is 30.7 Å². The molecular formula is C21H21N5O8. The van der Waals surface area contributed by atoms with Crippen LogP contribution in [0, 0.1) is 10.1 Å². The van der Waals surface area contributed by atoms with Crippen LogP contribution >= 0.6 is 0 Å². The Morgan fingerprint density at radius 1 is 1.15 bits per heavy atom. The fourth-order valence-corrected chi connectivity index (χ4v) is 2.72. The highest BCUT2D eigenvalue weighted by atomic mass is 16.6. The molecule has 0 aliphatic carbocycles. The van der Waals surface area contributed by atoms with Crippen LogP contribution < -0.4 is 21.2 Å². The molecule has 2 rings (SSSR count). The number of aromatic hydroxyl groups is 1. The van der Waals surface area contributed by atoms with E-state index >= 15 is 0 Å². The van der Waals surface area contributed by atoms with E-state index in [0.29, 0.717) is 0 Å². The van der Waals surface area contributed by atoms with Crippen molar-refractivity contribution < 1.29 is 33.9 Å². The summed E-state index contributed by atoms with van der Waals surface area (Å²) in [6.45, 7) is 0. The number of Topliss-reactive ketones (excluding diaryl/α,β-unsaturated/α-hetero) is 1. The molecule has 0 aliphatic heterocycles. The first kappa shape index (κ1) is 25.5. The van der Waals surface area contributed by atoms with Crippen LogP contribution in [0.25, 0.3) is 0 Å². The van der Waals surface area contributed by atoms with Gasteiger partial charge in [0.25, 0.3) is 5.69 Å². The molecule has 0 saturated heterocycles. The quantitative estimate of drug-likeness (QED) is 0.130. The summed E-state index contributed by atoms with van der Waals surface area (Å²) in [4.78, 5) is 57.8. The van der Waals surface area contributed by atoms with Gasteiger partial charge in [-0.1, -0.05) is 12.1 Å². The minimum atomic E-state index is -1.30. The van der Waals surface area contributed by atoms with Gasteiger partial charge in [0.1, 0.15) is 5.69 Å². The van der Waals surface area contributed by atoms with Gasteiger partial charge < -0.3 is 20.9 Å². The molecule has 0 atom stereocenters. The highest BCUT2D eigenvalue weighted by Gasteiger charge is 2.18. The molecule has 0 saturated carbocycles. The smallest absolute Gasteiger partial charge is 0.329 e. The number of rotatable bonds is 10. The van der Waals surface area contributed by atoms with E-state index in [1.807, 2.05) is 5.43 Å². The second kappa shape index (κ2) is 11.7. The van der Waals surface area contributed by atoms with Crippen molar-refractivity contribution in [2.24, 2.45) is 10.8 Å². The summed E-state index contributed by atoms with van der Waals surface area (Å²) < 4.78 is 4.97. The van der Waals surface area contributed by atoms with E-state index in [4.69, 9.17) is 10.5 Å². The molecule has 2 aromatic rings. The minimum Gasteiger partial charge on any atom is -0.504 e. The van der Waals surface area contributed by atoms with E-state index in [1.165, 1.54) is 49.6 Å². The molecule has 5 N–H and O–H groups in total. The van der Waals surface area contributed by atoms with Gasteiger partial charge in [-0.25, -0.2) is 5.43 Å². The topological polar surface area (TPSA) is 203 Å². The van der Waals surface area contributed by atoms with Crippen molar-refractivity contribution in [1.29, 1.82) is 0 Å². The SMILES string of the molecule is COc1cc(C(=O)C/C(CCC(=O)Nc2ccccc2[N+](=O)[O-])=N\NC(=O)C(N)=O)ccc1O. The third kappa shape index (κ3) is 7.12. The van der Waals surface area contributed by atoms with Gasteiger partial charge in [0.2, 0.25) is 5.91 Å². The van der Waals surface area contributed by atoms with Gasteiger partial charge in [0.15, 0.2) is 17.3 Å². The zero-order chi connectivity index (χ0) is 25.3. The maximum atomic E-state index is 12.7. The lowest BCUT2D eigenvalue weighted by Crippen LogP contribution is -2.33. The Balaban J connectivity index is 2.14. The monoisotopic (exact) mass is 471 g/mol. The first-order chi connectivity index (χ1) is 16.1. The third-order valence-electron chi connectivity index (χ3n) is 4.42. The Kier molecular flexibility index (Phi) is 8.76. The summed E-state index contributed by atoms with van der Waals surface area (Å²) in [5.41, 5.74) is 6.65. The highest BCUT2D eigenvalue weighted by molar-refractivity contribution is 6.34. The average molecular weight is 471 g/mol. The molecule has 0 radical (unpaired) electrons. The van der Waals surface area contributed by atoms with Gasteiger partial charge >= 0.3 is 11.8 Å². The number of carbonyl (C=O) groups is 4. The molecule has 13 nitrogen and oxygen atoms in total.